The molecule has 0 amide bonds. The molecule has 4 heteroatoms. The first-order chi connectivity index (χ1) is 5.70. The maximum atomic E-state index is 10.4. The van der Waals surface area contributed by atoms with Gasteiger partial charge >= 0.3 is 5.97 Å². The van der Waals surface area contributed by atoms with Crippen LogP contribution in [0, 0.1) is 6.92 Å². The summed E-state index contributed by atoms with van der Waals surface area (Å²) in [6.07, 6.45) is 3.49. The fourth-order valence-electron chi connectivity index (χ4n) is 0.909. The van der Waals surface area contributed by atoms with Crippen LogP contribution in [0.1, 0.15) is 12.6 Å². The molecule has 0 fully saturated rings. The predicted molar refractivity (Wildman–Crippen MR) is 43.6 cm³/mol. The molecule has 0 radical (unpaired) electrons. The van der Waals surface area contributed by atoms with Gasteiger partial charge in [-0.05, 0) is 6.92 Å². The van der Waals surface area contributed by atoms with Gasteiger partial charge in [-0.1, -0.05) is 0 Å². The van der Waals surface area contributed by atoms with Crippen molar-refractivity contribution < 1.29 is 9.53 Å². The predicted octanol–water partition coefficient (Wildman–Crippen LogP) is 0.755. The van der Waals surface area contributed by atoms with E-state index in [0.717, 1.165) is 5.69 Å². The maximum absolute atomic E-state index is 10.4. The largest absolute Gasteiger partial charge is 0.464 e. The van der Waals surface area contributed by atoms with Gasteiger partial charge in [0.2, 0.25) is 0 Å². The van der Waals surface area contributed by atoms with Crippen LogP contribution in [-0.4, -0.2) is 22.1 Å². The molecule has 0 aliphatic carbocycles. The Morgan fingerprint density at radius 3 is 3.00 bits per heavy atom. The van der Waals surface area contributed by atoms with Crippen LogP contribution in [0.5, 0.6) is 0 Å². The second-order valence-corrected chi connectivity index (χ2v) is 2.57. The normalized spacial score (nSPS) is 9.83. The first kappa shape index (κ1) is 8.77. The molecule has 0 bridgehead atoms. The molecule has 0 saturated heterocycles. The van der Waals surface area contributed by atoms with E-state index in [1.165, 1.54) is 6.92 Å². The number of aromatic nitrogens is 2. The second-order valence-electron chi connectivity index (χ2n) is 2.57. The van der Waals surface area contributed by atoms with Crippen LogP contribution in [0.25, 0.3) is 0 Å². The molecule has 1 heterocycles. The van der Waals surface area contributed by atoms with Crippen molar-refractivity contribution in [2.45, 2.75) is 20.4 Å². The Morgan fingerprint density at radius 1 is 1.75 bits per heavy atom. The van der Waals surface area contributed by atoms with Crippen LogP contribution in [0.4, 0.5) is 0 Å². The van der Waals surface area contributed by atoms with Crippen molar-refractivity contribution in [2.75, 3.05) is 6.61 Å². The molecule has 0 atom stereocenters. The number of aryl methyl sites for hydroxylation is 1. The van der Waals surface area contributed by atoms with Gasteiger partial charge in [0.1, 0.15) is 6.61 Å². The Kier molecular flexibility index (Phi) is 2.85. The minimum absolute atomic E-state index is 0.243. The number of carbonyl (C=O) groups excluding carboxylic acids is 1. The van der Waals surface area contributed by atoms with Crippen LogP contribution >= 0.6 is 0 Å². The Morgan fingerprint density at radius 2 is 2.50 bits per heavy atom. The summed E-state index contributed by atoms with van der Waals surface area (Å²) in [7, 11) is 0. The van der Waals surface area contributed by atoms with Gasteiger partial charge in [0.15, 0.2) is 0 Å². The lowest BCUT2D eigenvalue weighted by Crippen LogP contribution is -2.08. The molecule has 1 aromatic heterocycles. The molecular weight excluding hydrogens is 156 g/mol. The summed E-state index contributed by atoms with van der Waals surface area (Å²) in [5.74, 6) is -0.243. The highest BCUT2D eigenvalue weighted by Gasteiger charge is 1.96. The standard InChI is InChI=1S/C8H12N2O2/c1-7-5-9-6-10(7)3-4-12-8(2)11/h5-6H,3-4H2,1-2H3. The van der Waals surface area contributed by atoms with Gasteiger partial charge in [-0.25, -0.2) is 4.98 Å². The Hall–Kier alpha value is -1.32. The first-order valence-electron chi connectivity index (χ1n) is 3.80. The van der Waals surface area contributed by atoms with E-state index in [2.05, 4.69) is 4.98 Å². The van der Waals surface area contributed by atoms with Gasteiger partial charge in [0.05, 0.1) is 12.9 Å². The zero-order chi connectivity index (χ0) is 8.97. The van der Waals surface area contributed by atoms with Crippen LogP contribution in [0.2, 0.25) is 0 Å². The molecule has 66 valence electrons. The minimum atomic E-state index is -0.243. The van der Waals surface area contributed by atoms with Gasteiger partial charge in [-0.2, -0.15) is 0 Å². The molecule has 12 heavy (non-hydrogen) atoms. The van der Waals surface area contributed by atoms with Crippen molar-refractivity contribution in [3.8, 4) is 0 Å². The summed E-state index contributed by atoms with van der Waals surface area (Å²) in [6.45, 7) is 4.44. The van der Waals surface area contributed by atoms with Gasteiger partial charge < -0.3 is 9.30 Å². The zero-order valence-corrected chi connectivity index (χ0v) is 7.28. The average Bonchev–Trinajstić information content (AvgIpc) is 2.36. The number of ether oxygens (including phenoxy) is 1. The van der Waals surface area contributed by atoms with Crippen molar-refractivity contribution in [1.29, 1.82) is 0 Å². The highest BCUT2D eigenvalue weighted by Crippen LogP contribution is 1.95. The van der Waals surface area contributed by atoms with Crippen molar-refractivity contribution in [3.63, 3.8) is 0 Å². The molecule has 4 nitrogen and oxygen atoms in total. The van der Waals surface area contributed by atoms with Crippen LogP contribution < -0.4 is 0 Å². The fraction of sp³-hybridized carbons (Fsp3) is 0.500. The van der Waals surface area contributed by atoms with Crippen molar-refractivity contribution in [2.24, 2.45) is 0 Å². The number of imidazole rings is 1. The van der Waals surface area contributed by atoms with E-state index in [9.17, 15) is 4.79 Å². The number of rotatable bonds is 3. The SMILES string of the molecule is CC(=O)OCCn1cncc1C. The maximum Gasteiger partial charge on any atom is 0.302 e. The lowest BCUT2D eigenvalue weighted by molar-refractivity contribution is -0.141. The molecule has 0 saturated carbocycles. The quantitative estimate of drug-likeness (QED) is 0.626. The highest BCUT2D eigenvalue weighted by molar-refractivity contribution is 5.65. The number of hydrogen-bond acceptors (Lipinski definition) is 3. The van der Waals surface area contributed by atoms with E-state index in [0.29, 0.717) is 13.2 Å². The smallest absolute Gasteiger partial charge is 0.302 e. The van der Waals surface area contributed by atoms with Crippen molar-refractivity contribution in [3.05, 3.63) is 18.2 Å². The molecule has 0 unspecified atom stereocenters. The Balaban J connectivity index is 2.33. The summed E-state index contributed by atoms with van der Waals surface area (Å²) in [5, 5.41) is 0. The van der Waals surface area contributed by atoms with E-state index in [1.54, 1.807) is 12.5 Å². The van der Waals surface area contributed by atoms with E-state index in [1.807, 2.05) is 11.5 Å². The average molecular weight is 168 g/mol. The third-order valence-corrected chi connectivity index (χ3v) is 1.56. The van der Waals surface area contributed by atoms with E-state index < -0.39 is 0 Å². The summed E-state index contributed by atoms with van der Waals surface area (Å²) in [5.41, 5.74) is 1.07. The lowest BCUT2D eigenvalue weighted by Gasteiger charge is -2.04. The molecule has 0 N–H and O–H groups in total. The Labute approximate surface area is 71.2 Å². The van der Waals surface area contributed by atoms with Crippen LogP contribution in [0.3, 0.4) is 0 Å². The molecule has 1 aromatic rings. The third kappa shape index (κ3) is 2.38. The molecular formula is C8H12N2O2. The number of hydrogen-bond donors (Lipinski definition) is 0. The van der Waals surface area contributed by atoms with Gasteiger partial charge in [0, 0.05) is 18.8 Å². The number of esters is 1. The van der Waals surface area contributed by atoms with Gasteiger partial charge in [-0.15, -0.1) is 0 Å². The summed E-state index contributed by atoms with van der Waals surface area (Å²) < 4.78 is 6.72. The minimum Gasteiger partial charge on any atom is -0.464 e. The van der Waals surface area contributed by atoms with E-state index in [-0.39, 0.29) is 5.97 Å². The van der Waals surface area contributed by atoms with E-state index in [4.69, 9.17) is 4.74 Å². The van der Waals surface area contributed by atoms with Crippen molar-refractivity contribution >= 4 is 5.97 Å². The molecule has 1 rings (SSSR count). The Bertz CT molecular complexity index is 268. The summed E-state index contributed by atoms with van der Waals surface area (Å²) in [4.78, 5) is 14.4. The topological polar surface area (TPSA) is 44.1 Å². The van der Waals surface area contributed by atoms with Gasteiger partial charge in [0.25, 0.3) is 0 Å². The van der Waals surface area contributed by atoms with Crippen molar-refractivity contribution in [1.82, 2.24) is 9.55 Å². The lowest BCUT2D eigenvalue weighted by atomic mass is 10.5. The summed E-state index contributed by atoms with van der Waals surface area (Å²) in [6, 6.07) is 0. The highest BCUT2D eigenvalue weighted by atomic mass is 16.5. The van der Waals surface area contributed by atoms with Crippen LogP contribution in [0.15, 0.2) is 12.5 Å². The fourth-order valence-corrected chi connectivity index (χ4v) is 0.909. The summed E-state index contributed by atoms with van der Waals surface area (Å²) >= 11 is 0. The number of nitrogens with zero attached hydrogens (tertiary/aromatic N) is 2. The molecule has 0 aliphatic rings. The molecule has 0 aliphatic heterocycles. The molecule has 0 aromatic carbocycles. The second kappa shape index (κ2) is 3.90. The molecule has 0 spiro atoms. The zero-order valence-electron chi connectivity index (χ0n) is 7.28. The first-order valence-corrected chi connectivity index (χ1v) is 3.80. The monoisotopic (exact) mass is 168 g/mol. The van der Waals surface area contributed by atoms with E-state index >= 15 is 0 Å². The van der Waals surface area contributed by atoms with Crippen LogP contribution in [-0.2, 0) is 16.1 Å². The van der Waals surface area contributed by atoms with Gasteiger partial charge in [-0.3, -0.25) is 4.79 Å². The number of carbonyl (C=O) groups is 1. The third-order valence-electron chi connectivity index (χ3n) is 1.56.